The highest BCUT2D eigenvalue weighted by Crippen LogP contribution is 2.25. The maximum Gasteiger partial charge on any atom is 0.233 e. The SMILES string of the molecule is CC(C)CNC(=O)C(C)Sc1ccc(C(C)O)cc1. The number of thioether (sulfide) groups is 1. The molecule has 19 heavy (non-hydrogen) atoms. The van der Waals surface area contributed by atoms with E-state index >= 15 is 0 Å². The van der Waals surface area contributed by atoms with Gasteiger partial charge in [0.15, 0.2) is 0 Å². The number of hydrogen-bond donors (Lipinski definition) is 2. The lowest BCUT2D eigenvalue weighted by molar-refractivity contribution is -0.120. The summed E-state index contributed by atoms with van der Waals surface area (Å²) < 4.78 is 0. The second kappa shape index (κ2) is 7.56. The summed E-state index contributed by atoms with van der Waals surface area (Å²) in [6.45, 7) is 8.51. The number of rotatable bonds is 6. The Morgan fingerprint density at radius 3 is 2.26 bits per heavy atom. The van der Waals surface area contributed by atoms with Crippen molar-refractivity contribution in [3.05, 3.63) is 29.8 Å². The number of aliphatic hydroxyl groups is 1. The van der Waals surface area contributed by atoms with Crippen LogP contribution in [0.3, 0.4) is 0 Å². The monoisotopic (exact) mass is 281 g/mol. The van der Waals surface area contributed by atoms with Gasteiger partial charge in [-0.1, -0.05) is 26.0 Å². The number of carbonyl (C=O) groups excluding carboxylic acids is 1. The molecule has 1 amide bonds. The van der Waals surface area contributed by atoms with E-state index in [0.717, 1.165) is 10.5 Å². The van der Waals surface area contributed by atoms with Gasteiger partial charge in [-0.05, 0) is 37.5 Å². The van der Waals surface area contributed by atoms with Crippen LogP contribution in [-0.4, -0.2) is 22.8 Å². The Hall–Kier alpha value is -1.00. The fourth-order valence-electron chi connectivity index (χ4n) is 1.53. The van der Waals surface area contributed by atoms with Crippen LogP contribution in [0.1, 0.15) is 39.4 Å². The Labute approximate surface area is 119 Å². The summed E-state index contributed by atoms with van der Waals surface area (Å²) >= 11 is 1.53. The van der Waals surface area contributed by atoms with Gasteiger partial charge in [-0.3, -0.25) is 4.79 Å². The molecule has 0 saturated heterocycles. The second-order valence-corrected chi connectivity index (χ2v) is 6.56. The van der Waals surface area contributed by atoms with Crippen LogP contribution in [0, 0.1) is 5.92 Å². The largest absolute Gasteiger partial charge is 0.389 e. The number of aliphatic hydroxyl groups excluding tert-OH is 1. The lowest BCUT2D eigenvalue weighted by Gasteiger charge is -2.13. The van der Waals surface area contributed by atoms with Crippen LogP contribution in [0.15, 0.2) is 29.2 Å². The standard InChI is InChI=1S/C15H23NO2S/c1-10(2)9-16-15(18)12(4)19-14-7-5-13(6-8-14)11(3)17/h5-8,10-12,17H,9H2,1-4H3,(H,16,18). The van der Waals surface area contributed by atoms with Crippen molar-refractivity contribution >= 4 is 17.7 Å². The van der Waals surface area contributed by atoms with Crippen molar-refractivity contribution in [3.8, 4) is 0 Å². The van der Waals surface area contributed by atoms with Crippen molar-refractivity contribution in [2.24, 2.45) is 5.92 Å². The second-order valence-electron chi connectivity index (χ2n) is 5.14. The molecule has 0 fully saturated rings. The van der Waals surface area contributed by atoms with Gasteiger partial charge >= 0.3 is 0 Å². The summed E-state index contributed by atoms with van der Waals surface area (Å²) in [5, 5.41) is 12.3. The molecule has 4 heteroatoms. The minimum absolute atomic E-state index is 0.0679. The Bertz CT molecular complexity index is 401. The molecular formula is C15H23NO2S. The molecule has 1 aromatic rings. The van der Waals surface area contributed by atoms with E-state index < -0.39 is 6.10 Å². The number of hydrogen-bond acceptors (Lipinski definition) is 3. The quantitative estimate of drug-likeness (QED) is 0.788. The molecular weight excluding hydrogens is 258 g/mol. The Balaban J connectivity index is 2.51. The smallest absolute Gasteiger partial charge is 0.233 e. The highest BCUT2D eigenvalue weighted by molar-refractivity contribution is 8.00. The molecule has 0 spiro atoms. The molecule has 106 valence electrons. The lowest BCUT2D eigenvalue weighted by atomic mass is 10.1. The summed E-state index contributed by atoms with van der Waals surface area (Å²) in [5.41, 5.74) is 0.890. The van der Waals surface area contributed by atoms with E-state index in [-0.39, 0.29) is 11.2 Å². The van der Waals surface area contributed by atoms with E-state index in [1.165, 1.54) is 11.8 Å². The first-order chi connectivity index (χ1) is 8.90. The minimum Gasteiger partial charge on any atom is -0.389 e. The van der Waals surface area contributed by atoms with Crippen molar-refractivity contribution in [2.75, 3.05) is 6.54 Å². The third-order valence-electron chi connectivity index (χ3n) is 2.73. The van der Waals surface area contributed by atoms with Crippen LogP contribution >= 0.6 is 11.8 Å². The average molecular weight is 281 g/mol. The van der Waals surface area contributed by atoms with Gasteiger partial charge in [0.1, 0.15) is 0 Å². The van der Waals surface area contributed by atoms with E-state index in [9.17, 15) is 9.90 Å². The molecule has 0 aliphatic carbocycles. The zero-order valence-electron chi connectivity index (χ0n) is 12.0. The Morgan fingerprint density at radius 1 is 1.21 bits per heavy atom. The number of carbonyl (C=O) groups is 1. The first kappa shape index (κ1) is 16.1. The third-order valence-corrected chi connectivity index (χ3v) is 3.84. The lowest BCUT2D eigenvalue weighted by Crippen LogP contribution is -2.33. The molecule has 1 rings (SSSR count). The fourth-order valence-corrected chi connectivity index (χ4v) is 2.42. The van der Waals surface area contributed by atoms with Crippen molar-refractivity contribution in [1.29, 1.82) is 0 Å². The molecule has 0 heterocycles. The number of benzene rings is 1. The topological polar surface area (TPSA) is 49.3 Å². The summed E-state index contributed by atoms with van der Waals surface area (Å²) in [5.74, 6) is 0.532. The molecule has 0 aromatic heterocycles. The van der Waals surface area contributed by atoms with Crippen molar-refractivity contribution in [3.63, 3.8) is 0 Å². The fraction of sp³-hybridized carbons (Fsp3) is 0.533. The molecule has 0 aliphatic heterocycles. The Morgan fingerprint density at radius 2 is 1.79 bits per heavy atom. The summed E-state index contributed by atoms with van der Waals surface area (Å²) in [6, 6.07) is 7.68. The highest BCUT2D eigenvalue weighted by atomic mass is 32.2. The summed E-state index contributed by atoms with van der Waals surface area (Å²) in [6.07, 6.45) is -0.453. The molecule has 0 aliphatic rings. The van der Waals surface area contributed by atoms with Gasteiger partial charge in [-0.2, -0.15) is 0 Å². The minimum atomic E-state index is -0.453. The van der Waals surface area contributed by atoms with Crippen molar-refractivity contribution < 1.29 is 9.90 Å². The molecule has 2 unspecified atom stereocenters. The van der Waals surface area contributed by atoms with Crippen molar-refractivity contribution in [1.82, 2.24) is 5.32 Å². The first-order valence-electron chi connectivity index (χ1n) is 6.62. The van der Waals surface area contributed by atoms with E-state index in [1.54, 1.807) is 6.92 Å². The predicted octanol–water partition coefficient (Wildman–Crippen LogP) is 2.99. The van der Waals surface area contributed by atoms with Crippen molar-refractivity contribution in [2.45, 2.75) is 43.9 Å². The normalized spacial score (nSPS) is 14.2. The predicted molar refractivity (Wildman–Crippen MR) is 80.2 cm³/mol. The van der Waals surface area contributed by atoms with Gasteiger partial charge in [-0.15, -0.1) is 11.8 Å². The van der Waals surface area contributed by atoms with Crippen LogP contribution in [0.4, 0.5) is 0 Å². The third kappa shape index (κ3) is 5.66. The molecule has 3 nitrogen and oxygen atoms in total. The zero-order valence-corrected chi connectivity index (χ0v) is 12.8. The molecule has 0 radical (unpaired) electrons. The van der Waals surface area contributed by atoms with Gasteiger partial charge in [0, 0.05) is 11.4 Å². The van der Waals surface area contributed by atoms with Crippen LogP contribution in [-0.2, 0) is 4.79 Å². The van der Waals surface area contributed by atoms with E-state index in [4.69, 9.17) is 0 Å². The maximum atomic E-state index is 11.9. The highest BCUT2D eigenvalue weighted by Gasteiger charge is 2.14. The van der Waals surface area contributed by atoms with Crippen LogP contribution < -0.4 is 5.32 Å². The number of amides is 1. The average Bonchev–Trinajstić information content (AvgIpc) is 2.36. The Kier molecular flexibility index (Phi) is 6.38. The molecule has 2 atom stereocenters. The molecule has 0 saturated carbocycles. The molecule has 2 N–H and O–H groups in total. The van der Waals surface area contributed by atoms with Crippen LogP contribution in [0.25, 0.3) is 0 Å². The molecule has 0 bridgehead atoms. The van der Waals surface area contributed by atoms with Gasteiger partial charge in [0.2, 0.25) is 5.91 Å². The van der Waals surface area contributed by atoms with E-state index in [2.05, 4.69) is 19.2 Å². The summed E-state index contributed by atoms with van der Waals surface area (Å²) in [7, 11) is 0. The number of nitrogens with one attached hydrogen (secondary N) is 1. The zero-order chi connectivity index (χ0) is 14.4. The van der Waals surface area contributed by atoms with Gasteiger partial charge < -0.3 is 10.4 Å². The van der Waals surface area contributed by atoms with E-state index in [0.29, 0.717) is 12.5 Å². The van der Waals surface area contributed by atoms with Gasteiger partial charge in [-0.25, -0.2) is 0 Å². The van der Waals surface area contributed by atoms with Gasteiger partial charge in [0.25, 0.3) is 0 Å². The van der Waals surface area contributed by atoms with Gasteiger partial charge in [0.05, 0.1) is 11.4 Å². The van der Waals surface area contributed by atoms with E-state index in [1.807, 2.05) is 31.2 Å². The first-order valence-corrected chi connectivity index (χ1v) is 7.50. The van der Waals surface area contributed by atoms with Crippen LogP contribution in [0.2, 0.25) is 0 Å². The summed E-state index contributed by atoms with van der Waals surface area (Å²) in [4.78, 5) is 12.9. The molecule has 1 aromatic carbocycles. The maximum absolute atomic E-state index is 11.9. The van der Waals surface area contributed by atoms with Crippen LogP contribution in [0.5, 0.6) is 0 Å².